The van der Waals surface area contributed by atoms with Crippen LogP contribution in [0, 0.1) is 11.3 Å². The van der Waals surface area contributed by atoms with E-state index in [0.29, 0.717) is 25.7 Å². The molecule has 1 aromatic rings. The van der Waals surface area contributed by atoms with Gasteiger partial charge in [-0.15, -0.1) is 0 Å². The summed E-state index contributed by atoms with van der Waals surface area (Å²) in [5.41, 5.74) is 1.37. The molecule has 3 saturated heterocycles. The van der Waals surface area contributed by atoms with E-state index in [2.05, 4.69) is 78.8 Å². The Balaban J connectivity index is 1.49. The molecule has 3 fully saturated rings. The van der Waals surface area contributed by atoms with E-state index in [1.54, 1.807) is 7.11 Å². The van der Waals surface area contributed by atoms with Crippen molar-refractivity contribution in [1.82, 2.24) is 15.5 Å². The summed E-state index contributed by atoms with van der Waals surface area (Å²) in [6.07, 6.45) is 10.8. The minimum absolute atomic E-state index is 0.0758. The second-order valence-electron chi connectivity index (χ2n) is 11.0. The summed E-state index contributed by atoms with van der Waals surface area (Å²) in [6.45, 7) is 11.3. The first kappa shape index (κ1) is 25.9. The molecule has 5 rings (SSSR count). The van der Waals surface area contributed by atoms with Gasteiger partial charge in [-0.05, 0) is 69.7 Å². The van der Waals surface area contributed by atoms with E-state index >= 15 is 0 Å². The van der Waals surface area contributed by atoms with Crippen LogP contribution in [0.1, 0.15) is 52.0 Å². The van der Waals surface area contributed by atoms with Gasteiger partial charge in [0.1, 0.15) is 0 Å². The lowest BCUT2D eigenvalue weighted by Gasteiger charge is -2.54. The lowest BCUT2D eigenvalue weighted by atomic mass is 9.66. The average molecular weight is 482 g/mol. The predicted molar refractivity (Wildman–Crippen MR) is 141 cm³/mol. The van der Waals surface area contributed by atoms with E-state index in [9.17, 15) is 4.79 Å². The molecule has 2 bridgehead atoms. The Morgan fingerprint density at radius 2 is 1.91 bits per heavy atom. The van der Waals surface area contributed by atoms with Crippen molar-refractivity contribution in [2.75, 3.05) is 46.6 Å². The second kappa shape index (κ2) is 10.9. The number of nitrogens with zero attached hydrogens (tertiary/aromatic N) is 1. The van der Waals surface area contributed by atoms with Crippen molar-refractivity contribution >= 4 is 11.6 Å². The Labute approximate surface area is 211 Å². The third kappa shape index (κ3) is 5.50. The van der Waals surface area contributed by atoms with Gasteiger partial charge in [-0.2, -0.15) is 0 Å². The molecule has 4 aliphatic rings. The maximum Gasteiger partial charge on any atom is 0.315 e. The summed E-state index contributed by atoms with van der Waals surface area (Å²) < 4.78 is 11.3. The zero-order chi connectivity index (χ0) is 24.9. The molecule has 35 heavy (non-hydrogen) atoms. The van der Waals surface area contributed by atoms with Crippen molar-refractivity contribution in [3.8, 4) is 0 Å². The smallest absolute Gasteiger partial charge is 0.315 e. The predicted octanol–water partition coefficient (Wildman–Crippen LogP) is 4.63. The molecule has 0 aromatic heterocycles. The quantitative estimate of drug-likeness (QED) is 0.478. The number of ether oxygens (including phenoxy) is 2. The molecule has 0 spiro atoms. The number of hydrogen-bond donors (Lipinski definition) is 2. The largest absolute Gasteiger partial charge is 0.382 e. The SMILES string of the molecule is CCC1(NC(=O)NC(C)(C)C2(COCCOC)C=CC(c3ccccc3)=CC2)CN2CCC1CC2. The number of allylic oxidation sites excluding steroid dienone is 3. The number of methoxy groups -OCH3 is 1. The van der Waals surface area contributed by atoms with Gasteiger partial charge in [-0.25, -0.2) is 4.79 Å². The van der Waals surface area contributed by atoms with Crippen LogP contribution in [0.4, 0.5) is 4.79 Å². The van der Waals surface area contributed by atoms with E-state index < -0.39 is 5.54 Å². The van der Waals surface area contributed by atoms with Crippen LogP contribution in [0.25, 0.3) is 5.57 Å². The highest BCUT2D eigenvalue weighted by atomic mass is 16.5. The van der Waals surface area contributed by atoms with Gasteiger partial charge < -0.3 is 25.0 Å². The molecule has 3 heterocycles. The minimum Gasteiger partial charge on any atom is -0.382 e. The number of benzene rings is 1. The molecular weight excluding hydrogens is 438 g/mol. The standard InChI is InChI=1S/C29H43N3O3/c1-5-29(21-32-17-13-25(29)14-18-32)31-26(33)30-27(2,3)28(22-35-20-19-34-4)15-11-24(12-16-28)23-9-7-6-8-10-23/h6-12,15,25H,5,13-14,16-22H2,1-4H3,(H2,30,31,33). The highest BCUT2D eigenvalue weighted by Gasteiger charge is 2.49. The molecule has 2 atom stereocenters. The number of carbonyl (C=O) groups is 1. The molecule has 192 valence electrons. The lowest BCUT2D eigenvalue weighted by molar-refractivity contribution is -0.00188. The van der Waals surface area contributed by atoms with E-state index in [-0.39, 0.29) is 17.0 Å². The van der Waals surface area contributed by atoms with Crippen molar-refractivity contribution < 1.29 is 14.3 Å². The Hall–Kier alpha value is -2.15. The van der Waals surface area contributed by atoms with E-state index in [1.165, 1.54) is 24.0 Å². The van der Waals surface area contributed by atoms with E-state index in [1.807, 2.05) is 6.07 Å². The van der Waals surface area contributed by atoms with Crippen LogP contribution in [-0.4, -0.2) is 68.6 Å². The fraction of sp³-hybridized carbons (Fsp3) is 0.621. The van der Waals surface area contributed by atoms with Gasteiger partial charge in [0.25, 0.3) is 0 Å². The van der Waals surface area contributed by atoms with E-state index in [4.69, 9.17) is 9.47 Å². The zero-order valence-electron chi connectivity index (χ0n) is 21.9. The Morgan fingerprint density at radius 3 is 2.49 bits per heavy atom. The van der Waals surface area contributed by atoms with E-state index in [0.717, 1.165) is 32.5 Å². The molecule has 6 heteroatoms. The van der Waals surface area contributed by atoms with Crippen molar-refractivity contribution in [2.24, 2.45) is 11.3 Å². The summed E-state index contributed by atoms with van der Waals surface area (Å²) >= 11 is 0. The molecule has 2 amide bonds. The lowest BCUT2D eigenvalue weighted by Crippen LogP contribution is -2.69. The van der Waals surface area contributed by atoms with Crippen molar-refractivity contribution in [1.29, 1.82) is 0 Å². The first-order valence-electron chi connectivity index (χ1n) is 13.2. The van der Waals surface area contributed by atoms with Gasteiger partial charge in [0.2, 0.25) is 0 Å². The Bertz CT molecular complexity index is 920. The van der Waals surface area contributed by atoms with Crippen LogP contribution in [0.15, 0.2) is 48.6 Å². The topological polar surface area (TPSA) is 62.8 Å². The first-order valence-corrected chi connectivity index (χ1v) is 13.2. The monoisotopic (exact) mass is 481 g/mol. The van der Waals surface area contributed by atoms with Crippen LogP contribution in [0.5, 0.6) is 0 Å². The first-order chi connectivity index (χ1) is 16.8. The van der Waals surface area contributed by atoms with Crippen LogP contribution < -0.4 is 10.6 Å². The number of amides is 2. The van der Waals surface area contributed by atoms with Gasteiger partial charge in [-0.1, -0.05) is 55.5 Å². The Kier molecular flexibility index (Phi) is 8.04. The number of rotatable bonds is 10. The molecule has 2 N–H and O–H groups in total. The highest BCUT2D eigenvalue weighted by molar-refractivity contribution is 5.77. The normalized spacial score (nSPS) is 30.1. The van der Waals surface area contributed by atoms with Crippen LogP contribution in [0.2, 0.25) is 0 Å². The maximum absolute atomic E-state index is 13.5. The van der Waals surface area contributed by atoms with Crippen molar-refractivity contribution in [3.05, 3.63) is 54.1 Å². The number of hydrogen-bond acceptors (Lipinski definition) is 4. The summed E-state index contributed by atoms with van der Waals surface area (Å²) in [5, 5.41) is 6.81. The molecule has 1 aliphatic carbocycles. The maximum atomic E-state index is 13.5. The minimum atomic E-state index is -0.526. The molecule has 2 unspecified atom stereocenters. The second-order valence-corrected chi connectivity index (χ2v) is 11.0. The summed E-state index contributed by atoms with van der Waals surface area (Å²) in [7, 11) is 1.68. The summed E-state index contributed by atoms with van der Waals surface area (Å²) in [4.78, 5) is 16.0. The Morgan fingerprint density at radius 1 is 1.17 bits per heavy atom. The third-order valence-electron chi connectivity index (χ3n) is 8.71. The van der Waals surface area contributed by atoms with Crippen LogP contribution in [-0.2, 0) is 9.47 Å². The summed E-state index contributed by atoms with van der Waals surface area (Å²) in [6, 6.07) is 10.4. The van der Waals surface area contributed by atoms with Gasteiger partial charge >= 0.3 is 6.03 Å². The highest BCUT2D eigenvalue weighted by Crippen LogP contribution is 2.43. The number of nitrogens with one attached hydrogen (secondary N) is 2. The fourth-order valence-corrected chi connectivity index (χ4v) is 6.14. The van der Waals surface area contributed by atoms with Gasteiger partial charge in [0.05, 0.1) is 25.4 Å². The van der Waals surface area contributed by atoms with Gasteiger partial charge in [-0.3, -0.25) is 0 Å². The van der Waals surface area contributed by atoms with Gasteiger partial charge in [0.15, 0.2) is 0 Å². The summed E-state index contributed by atoms with van der Waals surface area (Å²) in [5.74, 6) is 0.559. The average Bonchev–Trinajstić information content (AvgIpc) is 2.87. The van der Waals surface area contributed by atoms with Crippen molar-refractivity contribution in [2.45, 2.75) is 57.5 Å². The molecule has 6 nitrogen and oxygen atoms in total. The molecule has 0 radical (unpaired) electrons. The number of carbonyl (C=O) groups excluding carboxylic acids is 1. The molecule has 1 aromatic carbocycles. The number of urea groups is 1. The third-order valence-corrected chi connectivity index (χ3v) is 8.71. The number of piperidine rings is 3. The zero-order valence-corrected chi connectivity index (χ0v) is 21.9. The van der Waals surface area contributed by atoms with Crippen LogP contribution in [0.3, 0.4) is 0 Å². The van der Waals surface area contributed by atoms with Crippen LogP contribution >= 0.6 is 0 Å². The molecular formula is C29H43N3O3. The number of fused-ring (bicyclic) bond motifs is 3. The molecule has 0 saturated carbocycles. The fourth-order valence-electron chi connectivity index (χ4n) is 6.14. The van der Waals surface area contributed by atoms with Gasteiger partial charge in [0, 0.05) is 24.6 Å². The molecule has 3 aliphatic heterocycles. The van der Waals surface area contributed by atoms with Crippen molar-refractivity contribution in [3.63, 3.8) is 0 Å².